The van der Waals surface area contributed by atoms with Crippen molar-refractivity contribution < 1.29 is 0 Å². The van der Waals surface area contributed by atoms with Gasteiger partial charge in [0, 0.05) is 87.8 Å². The summed E-state index contributed by atoms with van der Waals surface area (Å²) in [6.45, 7) is 12.9. The molecule has 3 aliphatic rings. The van der Waals surface area contributed by atoms with Crippen molar-refractivity contribution in [3.63, 3.8) is 0 Å². The monoisotopic (exact) mass is 651 g/mol. The van der Waals surface area contributed by atoms with Crippen LogP contribution in [0, 0.1) is 0 Å². The van der Waals surface area contributed by atoms with Gasteiger partial charge in [-0.15, -0.1) is 35.3 Å². The first-order valence-corrected chi connectivity index (χ1v) is 17.7. The summed E-state index contributed by atoms with van der Waals surface area (Å²) in [5.41, 5.74) is 4.91. The molecule has 0 fully saturated rings. The molecule has 228 valence electrons. The zero-order valence-electron chi connectivity index (χ0n) is 26.1. The highest BCUT2D eigenvalue weighted by Gasteiger charge is 2.29. The molecule has 0 saturated carbocycles. The molecule has 0 spiro atoms. The van der Waals surface area contributed by atoms with Gasteiger partial charge < -0.3 is 0 Å². The molecular formula is C33H33N9S3. The summed E-state index contributed by atoms with van der Waals surface area (Å²) in [6, 6.07) is 6.18. The molecule has 0 unspecified atom stereocenters. The summed E-state index contributed by atoms with van der Waals surface area (Å²) in [4.78, 5) is 43.3. The maximum Gasteiger partial charge on any atom is 0.165 e. The van der Waals surface area contributed by atoms with Crippen LogP contribution >= 0.6 is 35.3 Å². The largest absolute Gasteiger partial charge is 0.271 e. The zero-order valence-corrected chi connectivity index (χ0v) is 28.5. The molecule has 0 bridgehead atoms. The predicted octanol–water partition coefficient (Wildman–Crippen LogP) is 6.87. The van der Waals surface area contributed by atoms with Crippen LogP contribution in [0.2, 0.25) is 0 Å². The molecule has 12 heteroatoms. The van der Waals surface area contributed by atoms with Crippen molar-refractivity contribution in [2.75, 3.05) is 17.3 Å². The number of rotatable bonds is 6. The minimum atomic E-state index is -0.103. The van der Waals surface area contributed by atoms with E-state index in [1.54, 1.807) is 53.9 Å². The lowest BCUT2D eigenvalue weighted by Crippen LogP contribution is -2.15. The van der Waals surface area contributed by atoms with Crippen molar-refractivity contribution in [2.24, 2.45) is 15.0 Å². The first kappa shape index (κ1) is 30.2. The van der Waals surface area contributed by atoms with Crippen LogP contribution in [0.15, 0.2) is 70.4 Å². The van der Waals surface area contributed by atoms with Gasteiger partial charge in [-0.05, 0) is 59.7 Å². The normalized spacial score (nSPS) is 19.7. The van der Waals surface area contributed by atoms with E-state index in [9.17, 15) is 0 Å². The molecule has 0 N–H and O–H groups in total. The van der Waals surface area contributed by atoms with E-state index in [1.165, 1.54) is 0 Å². The predicted molar refractivity (Wildman–Crippen MR) is 189 cm³/mol. The summed E-state index contributed by atoms with van der Waals surface area (Å²) in [6.07, 6.45) is 10.9. The number of nitrogens with zero attached hydrogens (tertiary/aromatic N) is 9. The Hall–Kier alpha value is -3.48. The molecule has 0 aliphatic carbocycles. The second-order valence-corrected chi connectivity index (χ2v) is 16.1. The average molecular weight is 652 g/mol. The first-order chi connectivity index (χ1) is 21.4. The van der Waals surface area contributed by atoms with Gasteiger partial charge in [-0.3, -0.25) is 29.9 Å². The van der Waals surface area contributed by atoms with E-state index in [4.69, 9.17) is 29.9 Å². The molecular weight excluding hydrogens is 619 g/mol. The second kappa shape index (κ2) is 11.4. The van der Waals surface area contributed by atoms with Gasteiger partial charge in [-0.2, -0.15) is 0 Å². The Balaban J connectivity index is 1.34. The Bertz CT molecular complexity index is 1680. The van der Waals surface area contributed by atoms with Crippen LogP contribution in [0.4, 0.5) is 0 Å². The van der Waals surface area contributed by atoms with Crippen LogP contribution < -0.4 is 0 Å². The van der Waals surface area contributed by atoms with E-state index < -0.39 is 0 Å². The number of pyridine rings is 3. The number of hydrogen-bond acceptors (Lipinski definition) is 12. The molecule has 0 saturated heterocycles. The fourth-order valence-corrected chi connectivity index (χ4v) is 8.43. The molecule has 0 aromatic carbocycles. The van der Waals surface area contributed by atoms with Gasteiger partial charge >= 0.3 is 0 Å². The third-order valence-electron chi connectivity index (χ3n) is 7.26. The number of thioether (sulfide) groups is 3. The van der Waals surface area contributed by atoms with Crippen molar-refractivity contribution >= 4 is 50.4 Å². The van der Waals surface area contributed by atoms with E-state index in [0.29, 0.717) is 17.5 Å². The molecule has 0 radical (unpaired) electrons. The molecule has 7 heterocycles. The van der Waals surface area contributed by atoms with Crippen LogP contribution in [-0.2, 0) is 0 Å². The first-order valence-electron chi connectivity index (χ1n) is 14.7. The quantitative estimate of drug-likeness (QED) is 0.220. The highest BCUT2D eigenvalue weighted by molar-refractivity contribution is 8.15. The topological polar surface area (TPSA) is 114 Å². The van der Waals surface area contributed by atoms with E-state index in [-0.39, 0.29) is 16.6 Å². The van der Waals surface area contributed by atoms with Gasteiger partial charge in [0.25, 0.3) is 0 Å². The van der Waals surface area contributed by atoms with Crippen molar-refractivity contribution in [1.29, 1.82) is 0 Å². The fraction of sp³-hybridized carbons (Fsp3) is 0.364. The maximum atomic E-state index is 4.97. The van der Waals surface area contributed by atoms with Crippen LogP contribution in [-0.4, -0.2) is 78.9 Å². The SMILES string of the molecule is CC1(C)CSC(c2cncc(-c3nc(-c4cncc(C5=NC(C)(C)CS5)c4)nc(-c4cncc(C5=NC(C)(C)CS5)c4)n3)c2)=N1. The van der Waals surface area contributed by atoms with Gasteiger partial charge in [0.2, 0.25) is 0 Å². The lowest BCUT2D eigenvalue weighted by molar-refractivity contribution is 0.605. The third-order valence-corrected chi connectivity index (χ3v) is 11.6. The van der Waals surface area contributed by atoms with E-state index >= 15 is 0 Å². The molecule has 9 nitrogen and oxygen atoms in total. The summed E-state index contributed by atoms with van der Waals surface area (Å²) < 4.78 is 0. The second-order valence-electron chi connectivity index (χ2n) is 13.2. The highest BCUT2D eigenvalue weighted by Crippen LogP contribution is 2.34. The van der Waals surface area contributed by atoms with E-state index in [2.05, 4.69) is 74.7 Å². The summed E-state index contributed by atoms with van der Waals surface area (Å²) in [5.74, 6) is 4.35. The van der Waals surface area contributed by atoms with E-state index in [0.717, 1.165) is 65.8 Å². The molecule has 45 heavy (non-hydrogen) atoms. The van der Waals surface area contributed by atoms with Gasteiger partial charge in [-0.25, -0.2) is 15.0 Å². The van der Waals surface area contributed by atoms with Gasteiger partial charge in [-0.1, -0.05) is 0 Å². The maximum absolute atomic E-state index is 4.97. The van der Waals surface area contributed by atoms with E-state index in [1.807, 2.05) is 18.6 Å². The molecule has 4 aromatic rings. The summed E-state index contributed by atoms with van der Waals surface area (Å²) in [5, 5.41) is 2.94. The smallest absolute Gasteiger partial charge is 0.165 e. The Labute approximate surface area is 275 Å². The molecule has 0 atom stereocenters. The molecule has 7 rings (SSSR count). The zero-order chi connectivity index (χ0) is 31.4. The van der Waals surface area contributed by atoms with Gasteiger partial charge in [0.1, 0.15) is 0 Å². The lowest BCUT2D eigenvalue weighted by atomic mass is 10.1. The Kier molecular flexibility index (Phi) is 7.65. The Morgan fingerprint density at radius 1 is 0.422 bits per heavy atom. The minimum Gasteiger partial charge on any atom is -0.271 e. The van der Waals surface area contributed by atoms with Crippen molar-refractivity contribution in [3.8, 4) is 34.2 Å². The van der Waals surface area contributed by atoms with Crippen molar-refractivity contribution in [1.82, 2.24) is 29.9 Å². The molecule has 3 aliphatic heterocycles. The van der Waals surface area contributed by atoms with Crippen molar-refractivity contribution in [2.45, 2.75) is 58.2 Å². The van der Waals surface area contributed by atoms with Crippen LogP contribution in [0.25, 0.3) is 34.2 Å². The van der Waals surface area contributed by atoms with Crippen molar-refractivity contribution in [3.05, 3.63) is 72.1 Å². The average Bonchev–Trinajstić information content (AvgIpc) is 3.71. The van der Waals surface area contributed by atoms with Crippen LogP contribution in [0.5, 0.6) is 0 Å². The molecule has 0 amide bonds. The number of aromatic nitrogens is 6. The lowest BCUT2D eigenvalue weighted by Gasteiger charge is -2.11. The third kappa shape index (κ3) is 6.59. The van der Waals surface area contributed by atoms with Gasteiger partial charge in [0.05, 0.1) is 31.7 Å². The van der Waals surface area contributed by atoms with Gasteiger partial charge in [0.15, 0.2) is 17.5 Å². The number of hydrogen-bond donors (Lipinski definition) is 0. The Morgan fingerprint density at radius 3 is 0.933 bits per heavy atom. The summed E-state index contributed by atoms with van der Waals surface area (Å²) in [7, 11) is 0. The number of aliphatic imine (C=N–C) groups is 3. The Morgan fingerprint density at radius 2 is 0.689 bits per heavy atom. The molecule has 4 aromatic heterocycles. The van der Waals surface area contributed by atoms with Crippen LogP contribution in [0.1, 0.15) is 58.2 Å². The highest BCUT2D eigenvalue weighted by atomic mass is 32.2. The summed E-state index contributed by atoms with van der Waals surface area (Å²) >= 11 is 5.24. The minimum absolute atomic E-state index is 0.103. The van der Waals surface area contributed by atoms with Crippen LogP contribution in [0.3, 0.4) is 0 Å². The standard InChI is InChI=1S/C33H33N9S3/c1-31(2)16-43-28(40-31)22-7-19(10-34-13-22)25-37-26(20-8-23(14-35-11-20)29-41-32(3,4)17-44-29)39-27(38-25)21-9-24(15-36-12-21)30-42-33(5,6)18-45-30/h7-15H,16-18H2,1-6H3. The fourth-order valence-electron chi connectivity index (χ4n) is 5.00.